The molecule has 0 aliphatic rings. The van der Waals surface area contributed by atoms with E-state index in [4.69, 9.17) is 16.0 Å². The summed E-state index contributed by atoms with van der Waals surface area (Å²) < 4.78 is 7.32. The highest BCUT2D eigenvalue weighted by Crippen LogP contribution is 2.28. The van der Waals surface area contributed by atoms with Crippen LogP contribution in [-0.4, -0.2) is 26.0 Å². The number of hydrogen-bond acceptors (Lipinski definition) is 5. The normalized spacial score (nSPS) is 10.8. The van der Waals surface area contributed by atoms with Gasteiger partial charge in [-0.3, -0.25) is 0 Å². The van der Waals surface area contributed by atoms with E-state index in [1.54, 1.807) is 12.3 Å². The third kappa shape index (κ3) is 2.71. The molecule has 0 saturated heterocycles. The van der Waals surface area contributed by atoms with Crippen LogP contribution in [0.25, 0.3) is 22.8 Å². The summed E-state index contributed by atoms with van der Waals surface area (Å²) >= 11 is 6.15. The number of carbonyl (C=O) groups is 1. The smallest absolute Gasteiger partial charge is 0.247 e. The van der Waals surface area contributed by atoms with Crippen molar-refractivity contribution >= 4 is 17.9 Å². The number of benzene rings is 1. The molecule has 7 heteroatoms. The van der Waals surface area contributed by atoms with Crippen LogP contribution in [0, 0.1) is 0 Å². The predicted octanol–water partition coefficient (Wildman–Crippen LogP) is 2.53. The molecular weight excluding hydrogens is 292 g/mol. The molecule has 0 fully saturated rings. The summed E-state index contributed by atoms with van der Waals surface area (Å²) in [5.41, 5.74) is 1.53. The van der Waals surface area contributed by atoms with Gasteiger partial charge in [0.15, 0.2) is 0 Å². The van der Waals surface area contributed by atoms with Gasteiger partial charge in [0.05, 0.1) is 6.42 Å². The van der Waals surface area contributed by atoms with Gasteiger partial charge in [-0.05, 0) is 18.2 Å². The second-order valence-corrected chi connectivity index (χ2v) is 4.90. The maximum Gasteiger partial charge on any atom is 0.247 e. The largest absolute Gasteiger partial charge is 0.420 e. The summed E-state index contributed by atoms with van der Waals surface area (Å²) in [6.07, 6.45) is 4.38. The number of imidazole rings is 1. The molecule has 0 N–H and O–H groups in total. The Labute approximate surface area is 125 Å². The van der Waals surface area contributed by atoms with Gasteiger partial charge in [0.2, 0.25) is 11.8 Å². The third-order valence-corrected chi connectivity index (χ3v) is 3.17. The fourth-order valence-electron chi connectivity index (χ4n) is 2.01. The number of aromatic nitrogens is 4. The van der Waals surface area contributed by atoms with Gasteiger partial charge in [-0.25, -0.2) is 4.98 Å². The molecule has 0 bridgehead atoms. The maximum atomic E-state index is 10.5. The number of hydrogen-bond donors (Lipinski definition) is 0. The van der Waals surface area contributed by atoms with Crippen LogP contribution in [0.15, 0.2) is 35.0 Å². The maximum absolute atomic E-state index is 10.5. The Bertz CT molecular complexity index is 794. The quantitative estimate of drug-likeness (QED) is 0.692. The van der Waals surface area contributed by atoms with Crippen LogP contribution in [-0.2, 0) is 18.3 Å². The van der Waals surface area contributed by atoms with Crippen LogP contribution in [0.3, 0.4) is 0 Å². The van der Waals surface area contributed by atoms with Crippen LogP contribution < -0.4 is 0 Å². The zero-order valence-corrected chi connectivity index (χ0v) is 11.9. The molecule has 0 spiro atoms. The van der Waals surface area contributed by atoms with E-state index in [0.29, 0.717) is 22.8 Å². The first-order valence-corrected chi connectivity index (χ1v) is 6.60. The van der Waals surface area contributed by atoms with Gasteiger partial charge in [-0.1, -0.05) is 11.6 Å². The molecular formula is C14H11ClN4O2. The molecule has 0 amide bonds. The van der Waals surface area contributed by atoms with Gasteiger partial charge in [0.25, 0.3) is 0 Å². The first-order valence-electron chi connectivity index (χ1n) is 6.22. The van der Waals surface area contributed by atoms with Crippen LogP contribution in [0.5, 0.6) is 0 Å². The average molecular weight is 303 g/mol. The number of aryl methyl sites for hydroxylation is 1. The lowest BCUT2D eigenvalue weighted by molar-refractivity contribution is -0.107. The first-order chi connectivity index (χ1) is 10.2. The van der Waals surface area contributed by atoms with Gasteiger partial charge >= 0.3 is 0 Å². The van der Waals surface area contributed by atoms with E-state index < -0.39 is 0 Å². The molecule has 3 rings (SSSR count). The van der Waals surface area contributed by atoms with Gasteiger partial charge in [0, 0.05) is 35.6 Å². The Morgan fingerprint density at radius 3 is 2.81 bits per heavy atom. The van der Waals surface area contributed by atoms with Crippen LogP contribution in [0.1, 0.15) is 5.89 Å². The predicted molar refractivity (Wildman–Crippen MR) is 76.7 cm³/mol. The Morgan fingerprint density at radius 1 is 1.29 bits per heavy atom. The molecule has 2 aromatic heterocycles. The summed E-state index contributed by atoms with van der Waals surface area (Å²) in [5, 5.41) is 8.28. The van der Waals surface area contributed by atoms with Crippen molar-refractivity contribution in [3.8, 4) is 22.8 Å². The van der Waals surface area contributed by atoms with Crippen molar-refractivity contribution in [2.24, 2.45) is 7.05 Å². The van der Waals surface area contributed by atoms with E-state index in [2.05, 4.69) is 15.2 Å². The minimum atomic E-state index is 0.0970. The molecule has 0 saturated carbocycles. The highest BCUT2D eigenvalue weighted by Gasteiger charge is 2.12. The zero-order valence-electron chi connectivity index (χ0n) is 11.2. The van der Waals surface area contributed by atoms with Crippen molar-refractivity contribution in [1.82, 2.24) is 19.7 Å². The van der Waals surface area contributed by atoms with E-state index in [-0.39, 0.29) is 12.3 Å². The van der Waals surface area contributed by atoms with Crippen molar-refractivity contribution in [1.29, 1.82) is 0 Å². The second-order valence-electron chi connectivity index (χ2n) is 4.46. The lowest BCUT2D eigenvalue weighted by Gasteiger charge is -2.04. The summed E-state index contributed by atoms with van der Waals surface area (Å²) in [6, 6.07) is 5.41. The summed E-state index contributed by atoms with van der Waals surface area (Å²) in [6.45, 7) is 0. The molecule has 0 aliphatic carbocycles. The first kappa shape index (κ1) is 13.5. The molecule has 0 atom stereocenters. The monoisotopic (exact) mass is 302 g/mol. The molecule has 0 aliphatic heterocycles. The molecule has 106 valence electrons. The van der Waals surface area contributed by atoms with Crippen molar-refractivity contribution in [3.63, 3.8) is 0 Å². The van der Waals surface area contributed by atoms with E-state index in [0.717, 1.165) is 11.4 Å². The molecule has 2 heterocycles. The summed E-state index contributed by atoms with van der Waals surface area (Å²) in [7, 11) is 1.90. The number of carbonyl (C=O) groups excluding carboxylic acids is 1. The highest BCUT2D eigenvalue weighted by molar-refractivity contribution is 6.31. The van der Waals surface area contributed by atoms with E-state index >= 15 is 0 Å². The average Bonchev–Trinajstić information content (AvgIpc) is 3.07. The zero-order chi connectivity index (χ0) is 14.8. The minimum Gasteiger partial charge on any atom is -0.420 e. The molecule has 21 heavy (non-hydrogen) atoms. The van der Waals surface area contributed by atoms with Crippen molar-refractivity contribution in [3.05, 3.63) is 41.5 Å². The topological polar surface area (TPSA) is 73.8 Å². The van der Waals surface area contributed by atoms with Gasteiger partial charge in [0.1, 0.15) is 12.1 Å². The van der Waals surface area contributed by atoms with Crippen molar-refractivity contribution in [2.45, 2.75) is 6.42 Å². The fourth-order valence-corrected chi connectivity index (χ4v) is 2.25. The molecule has 6 nitrogen and oxygen atoms in total. The van der Waals surface area contributed by atoms with Crippen LogP contribution in [0.2, 0.25) is 5.02 Å². The lowest BCUT2D eigenvalue weighted by atomic mass is 10.1. The SMILES string of the molecule is Cn1ccnc1-c1cc(Cl)cc(-c2nnc(CC=O)o2)c1. The standard InChI is InChI=1S/C14H11ClN4O2/c1-19-4-3-16-13(19)9-6-10(8-11(15)7-9)14-18-17-12(21-14)2-5-20/h3-8H,2H2,1H3. The van der Waals surface area contributed by atoms with Gasteiger partial charge < -0.3 is 13.8 Å². The molecule has 3 aromatic rings. The Balaban J connectivity index is 2.05. The van der Waals surface area contributed by atoms with E-state index in [1.807, 2.05) is 29.9 Å². The van der Waals surface area contributed by atoms with E-state index in [9.17, 15) is 4.79 Å². The van der Waals surface area contributed by atoms with E-state index in [1.165, 1.54) is 0 Å². The van der Waals surface area contributed by atoms with Gasteiger partial charge in [-0.2, -0.15) is 0 Å². The Morgan fingerprint density at radius 2 is 2.10 bits per heavy atom. The number of aldehydes is 1. The summed E-state index contributed by atoms with van der Waals surface area (Å²) in [5.74, 6) is 1.38. The summed E-state index contributed by atoms with van der Waals surface area (Å²) in [4.78, 5) is 14.7. The molecule has 0 unspecified atom stereocenters. The number of rotatable bonds is 4. The fraction of sp³-hybridized carbons (Fsp3) is 0.143. The Hall–Kier alpha value is -2.47. The lowest BCUT2D eigenvalue weighted by Crippen LogP contribution is -1.92. The van der Waals surface area contributed by atoms with Crippen LogP contribution >= 0.6 is 11.6 Å². The third-order valence-electron chi connectivity index (χ3n) is 2.95. The molecule has 0 radical (unpaired) electrons. The number of nitrogens with zero attached hydrogens (tertiary/aromatic N) is 4. The Kier molecular flexibility index (Phi) is 3.53. The highest BCUT2D eigenvalue weighted by atomic mass is 35.5. The number of halogens is 1. The van der Waals surface area contributed by atoms with Gasteiger partial charge in [-0.15, -0.1) is 10.2 Å². The second kappa shape index (κ2) is 5.49. The van der Waals surface area contributed by atoms with Crippen molar-refractivity contribution < 1.29 is 9.21 Å². The minimum absolute atomic E-state index is 0.0970. The molecule has 1 aromatic carbocycles. The van der Waals surface area contributed by atoms with Crippen molar-refractivity contribution in [2.75, 3.05) is 0 Å². The van der Waals surface area contributed by atoms with Crippen LogP contribution in [0.4, 0.5) is 0 Å².